The summed E-state index contributed by atoms with van der Waals surface area (Å²) in [5, 5.41) is 25.0. The van der Waals surface area contributed by atoms with Gasteiger partial charge < -0.3 is 60.2 Å². The first kappa shape index (κ1) is 65.1. The molecule has 3 aromatic rings. The summed E-state index contributed by atoms with van der Waals surface area (Å²) < 4.78 is 52.8. The van der Waals surface area contributed by atoms with Gasteiger partial charge in [-0.1, -0.05) is 12.7 Å². The number of piperidine rings is 1. The number of rotatable bonds is 26. The smallest absolute Gasteiger partial charge is 0.246 e. The topological polar surface area (TPSA) is 264 Å². The minimum absolute atomic E-state index is 0.0500. The van der Waals surface area contributed by atoms with E-state index in [4.69, 9.17) is 34.8 Å². The van der Waals surface area contributed by atoms with Crippen molar-refractivity contribution in [3.8, 4) is 17.2 Å². The minimum Gasteiger partial charge on any atom is -0.382 e. The Morgan fingerprint density at radius 3 is 2.31 bits per heavy atom. The molecule has 2 aromatic heterocycles. The van der Waals surface area contributed by atoms with Gasteiger partial charge in [0.15, 0.2) is 5.78 Å². The lowest BCUT2D eigenvalue weighted by Gasteiger charge is -2.38. The van der Waals surface area contributed by atoms with Crippen LogP contribution in [0.1, 0.15) is 80.0 Å². The van der Waals surface area contributed by atoms with E-state index >= 15 is 0 Å². The fraction of sp³-hybridized carbons (Fsp3) is 0.557. The molecule has 0 aliphatic carbocycles. The number of aliphatic imine (C=N–C) groups is 1. The average molecular weight is 1210 g/mol. The number of ketones is 1. The van der Waals surface area contributed by atoms with E-state index < -0.39 is 29.8 Å². The second-order valence-electron chi connectivity index (χ2n) is 22.0. The number of nitrogens with zero attached hydrogens (tertiary/aromatic N) is 9. The predicted octanol–water partition coefficient (Wildman–Crippen LogP) is 4.60. The number of carbonyl (C=O) groups is 5. The molecule has 0 radical (unpaired) electrons. The predicted molar refractivity (Wildman–Crippen MR) is 323 cm³/mol. The molecule has 5 aliphatic rings. The van der Waals surface area contributed by atoms with E-state index in [2.05, 4.69) is 43.4 Å². The Hall–Kier alpha value is -6.92. The van der Waals surface area contributed by atoms with Crippen molar-refractivity contribution in [2.45, 2.75) is 102 Å². The number of thioether (sulfide) groups is 1. The number of fused-ring (bicyclic) bond motifs is 6. The number of nitrogen functional groups attached to an aromatic ring is 1. The highest BCUT2D eigenvalue weighted by molar-refractivity contribution is 8.14. The number of hydrogen-bond donors (Lipinski definition) is 4. The van der Waals surface area contributed by atoms with Crippen LogP contribution in [0.4, 0.5) is 20.3 Å². The lowest BCUT2D eigenvalue weighted by atomic mass is 9.88. The third-order valence-corrected chi connectivity index (χ3v) is 17.4. The van der Waals surface area contributed by atoms with Crippen LogP contribution in [0.2, 0.25) is 0 Å². The van der Waals surface area contributed by atoms with E-state index in [9.17, 15) is 38.0 Å². The monoisotopic (exact) mass is 1210 g/mol. The molecule has 22 nitrogen and oxygen atoms in total. The summed E-state index contributed by atoms with van der Waals surface area (Å²) in [6.45, 7) is 12.5. The Balaban J connectivity index is 0.692. The zero-order valence-electron chi connectivity index (χ0n) is 49.5. The first-order valence-electron chi connectivity index (χ1n) is 29.7. The zero-order chi connectivity index (χ0) is 61.1. The quantitative estimate of drug-likeness (QED) is 0.0632. The van der Waals surface area contributed by atoms with Crippen molar-refractivity contribution in [2.75, 3.05) is 123 Å². The molecule has 1 aromatic carbocycles. The van der Waals surface area contributed by atoms with Gasteiger partial charge in [0.2, 0.25) is 23.6 Å². The third kappa shape index (κ3) is 17.4. The van der Waals surface area contributed by atoms with Crippen molar-refractivity contribution in [1.29, 1.82) is 5.26 Å². The Kier molecular flexibility index (Phi) is 24.3. The molecule has 3 fully saturated rings. The average Bonchev–Trinajstić information content (AvgIpc) is 4.05. The van der Waals surface area contributed by atoms with Gasteiger partial charge in [-0.15, -0.1) is 11.8 Å². The largest absolute Gasteiger partial charge is 0.382 e. The molecule has 1 unspecified atom stereocenters. The van der Waals surface area contributed by atoms with Crippen LogP contribution in [0.25, 0.3) is 11.1 Å². The number of pyridine rings is 1. The Labute approximate surface area is 505 Å². The molecule has 464 valence electrons. The maximum Gasteiger partial charge on any atom is 0.246 e. The third-order valence-electron chi connectivity index (χ3n) is 16.2. The van der Waals surface area contributed by atoms with Crippen LogP contribution >= 0.6 is 11.8 Å². The highest BCUT2D eigenvalue weighted by Crippen LogP contribution is 2.38. The van der Waals surface area contributed by atoms with Crippen molar-refractivity contribution < 1.29 is 51.7 Å². The molecule has 86 heavy (non-hydrogen) atoms. The number of halogens is 2. The second kappa shape index (κ2) is 32.2. The van der Waals surface area contributed by atoms with E-state index in [0.717, 1.165) is 56.7 Å². The number of amides is 4. The van der Waals surface area contributed by atoms with Gasteiger partial charge in [0, 0.05) is 74.7 Å². The summed E-state index contributed by atoms with van der Waals surface area (Å²) in [6.07, 6.45) is 10.3. The van der Waals surface area contributed by atoms with Gasteiger partial charge in [-0.25, -0.2) is 13.8 Å². The number of nitrogens with one attached hydrogen (secondary N) is 3. The maximum absolute atomic E-state index is 14.9. The van der Waals surface area contributed by atoms with Gasteiger partial charge in [0.05, 0.1) is 100 Å². The van der Waals surface area contributed by atoms with Crippen LogP contribution in [0, 0.1) is 23.1 Å². The van der Waals surface area contributed by atoms with Crippen LogP contribution in [-0.4, -0.2) is 206 Å². The number of likely N-dealkylation sites (tertiary alicyclic amines) is 2. The number of nitriles is 1. The van der Waals surface area contributed by atoms with Crippen molar-refractivity contribution in [2.24, 2.45) is 10.9 Å². The Morgan fingerprint density at radius 2 is 1.60 bits per heavy atom. The molecule has 4 amide bonds. The SMILES string of the molecule is C=C1/C=C(F)\C=C/CC(=O)N(C)Cc2nn(CCNC(=O)CCOCCOCCOCCOCCN3CCC([C@@H](NC(=O)[C@@H](C)NC)C(=O)N4CCC[C@@H]4C4=NC(C(=O)c5ccc(F)cc5)CS4)CC3)c(C#N)c2-c2cnc(N)c(c2)N2CCC[C@H]12. The summed E-state index contributed by atoms with van der Waals surface area (Å²) in [5.74, 6) is -1.32. The van der Waals surface area contributed by atoms with Crippen LogP contribution in [0.15, 0.2) is 77.7 Å². The molecule has 7 heterocycles. The molecule has 5 N–H and O–H groups in total. The number of likely N-dealkylation sites (N-methyl/N-ethyl adjacent to an activating group) is 1. The normalized spacial score (nSPS) is 21.3. The molecule has 5 atom stereocenters. The van der Waals surface area contributed by atoms with Crippen LogP contribution < -0.4 is 26.6 Å². The summed E-state index contributed by atoms with van der Waals surface area (Å²) >= 11 is 1.49. The van der Waals surface area contributed by atoms with E-state index in [1.165, 1.54) is 63.8 Å². The lowest BCUT2D eigenvalue weighted by molar-refractivity contribution is -0.138. The molecule has 25 heteroatoms. The van der Waals surface area contributed by atoms with Crippen molar-refractivity contribution in [3.05, 3.63) is 95.5 Å². The Morgan fingerprint density at radius 1 is 0.919 bits per heavy atom. The highest BCUT2D eigenvalue weighted by atomic mass is 32.2. The van der Waals surface area contributed by atoms with Crippen LogP contribution in [0.3, 0.4) is 0 Å². The standard InChI is InChI=1S/C61H81F2N13O9S/c1-40-34-46(63)8-5-11-54(78)72(4)38-47-55(44-35-51(58(65)68-37-44)74-20-6-9-49(40)74)52(36-64)76(71-47)24-19-67-53(77)18-26-82-28-30-84-32-33-85-31-29-83-27-25-73-22-16-42(17-23-73)56(70-59(80)41(2)66-3)61(81)75-21-7-10-50(75)60-69-48(39-86-60)57(79)43-12-14-45(62)15-13-43/h5,8,12-15,34-35,37,41-42,48-50,56,66H,1,6-7,9-11,16-33,38-39H2,2-4H3,(H2,65,68)(H,67,77)(H,70,80)/b8-5-,46-34+/t41-,48?,49-,50-,56-/m1/s1. The molecule has 3 saturated heterocycles. The second-order valence-corrected chi connectivity index (χ2v) is 23.1. The van der Waals surface area contributed by atoms with Crippen molar-refractivity contribution >= 4 is 57.7 Å². The first-order valence-corrected chi connectivity index (χ1v) is 30.7. The van der Waals surface area contributed by atoms with Gasteiger partial charge in [0.25, 0.3) is 0 Å². The molecule has 0 spiro atoms. The number of carbonyl (C=O) groups excluding carboxylic acids is 5. The van der Waals surface area contributed by atoms with E-state index in [1.54, 1.807) is 27.2 Å². The summed E-state index contributed by atoms with van der Waals surface area (Å²) in [4.78, 5) is 83.8. The van der Waals surface area contributed by atoms with Gasteiger partial charge in [0.1, 0.15) is 41.3 Å². The number of benzene rings is 1. The fourth-order valence-corrected chi connectivity index (χ4v) is 12.5. The number of ether oxygens (including phenoxy) is 4. The summed E-state index contributed by atoms with van der Waals surface area (Å²) in [6, 6.07) is 7.32. The highest BCUT2D eigenvalue weighted by Gasteiger charge is 2.43. The van der Waals surface area contributed by atoms with E-state index in [1.807, 2.05) is 11.0 Å². The zero-order valence-corrected chi connectivity index (χ0v) is 50.3. The molecule has 5 aliphatic heterocycles. The lowest BCUT2D eigenvalue weighted by Crippen LogP contribution is -2.58. The molecular weight excluding hydrogens is 1130 g/mol. The molecule has 2 bridgehead atoms. The van der Waals surface area contributed by atoms with E-state index in [-0.39, 0.29) is 105 Å². The minimum atomic E-state index is -0.704. The van der Waals surface area contributed by atoms with Gasteiger partial charge in [-0.3, -0.25) is 33.6 Å². The fourth-order valence-electron chi connectivity index (χ4n) is 11.3. The van der Waals surface area contributed by atoms with Gasteiger partial charge in [-0.05, 0) is 120 Å². The van der Waals surface area contributed by atoms with Crippen LogP contribution in [-0.2, 0) is 51.2 Å². The summed E-state index contributed by atoms with van der Waals surface area (Å²) in [5.41, 5.74) is 9.78. The van der Waals surface area contributed by atoms with Crippen LogP contribution in [0.5, 0.6) is 0 Å². The number of anilines is 2. The molecule has 0 saturated carbocycles. The molecule has 8 rings (SSSR count). The number of aromatic nitrogens is 3. The number of allylic oxidation sites excluding steroid dienone is 2. The van der Waals surface area contributed by atoms with Crippen molar-refractivity contribution in [3.63, 3.8) is 0 Å². The number of nitrogens with two attached hydrogens (primary N) is 1. The Bertz CT molecular complexity index is 3000. The molecular formula is C61H81F2N13O9S. The number of hydrogen-bond acceptors (Lipinski definition) is 18. The van der Waals surface area contributed by atoms with Crippen molar-refractivity contribution in [1.82, 2.24) is 45.4 Å². The van der Waals surface area contributed by atoms with E-state index in [0.29, 0.717) is 98.7 Å². The number of Topliss-reactive ketones (excluding diaryl/α,β-unsaturated/α-hetero) is 1. The summed E-state index contributed by atoms with van der Waals surface area (Å²) in [7, 11) is 3.32. The first-order chi connectivity index (χ1) is 41.6. The van der Waals surface area contributed by atoms with Gasteiger partial charge in [-0.2, -0.15) is 10.4 Å². The van der Waals surface area contributed by atoms with Gasteiger partial charge >= 0.3 is 0 Å². The maximum atomic E-state index is 14.9.